The minimum absolute atomic E-state index is 0.619. The predicted octanol–water partition coefficient (Wildman–Crippen LogP) is 2.23. The zero-order chi connectivity index (χ0) is 8.39. The summed E-state index contributed by atoms with van der Waals surface area (Å²) in [5.74, 6) is 1.27. The van der Waals surface area contributed by atoms with Gasteiger partial charge in [-0.15, -0.1) is 0 Å². The molecule has 1 aliphatic rings. The molecule has 64 valence electrons. The highest BCUT2D eigenvalue weighted by Crippen LogP contribution is 2.41. The van der Waals surface area contributed by atoms with E-state index in [1.807, 2.05) is 24.0 Å². The molecule has 2 heterocycles. The molecule has 0 aromatic carbocycles. The number of rotatable bonds is 1. The van der Waals surface area contributed by atoms with Crippen molar-refractivity contribution in [1.29, 1.82) is 0 Å². The first-order valence-electron chi connectivity index (χ1n) is 4.19. The number of nitrogens with two attached hydrogens (primary N) is 1. The number of nitrogens with zero attached hydrogens (tertiary/aromatic N) is 1. The lowest BCUT2D eigenvalue weighted by atomic mass is 10.1. The SMILES string of the molecule is Nc1cnccc1C1CCCS1. The Morgan fingerprint density at radius 1 is 1.58 bits per heavy atom. The first kappa shape index (κ1) is 7.92. The van der Waals surface area contributed by atoms with E-state index in [1.165, 1.54) is 24.2 Å². The van der Waals surface area contributed by atoms with Crippen molar-refractivity contribution in [2.24, 2.45) is 0 Å². The van der Waals surface area contributed by atoms with Gasteiger partial charge in [0.05, 0.1) is 11.9 Å². The molecule has 2 nitrogen and oxygen atoms in total. The third-order valence-electron chi connectivity index (χ3n) is 2.16. The molecule has 1 aromatic heterocycles. The van der Waals surface area contributed by atoms with Crippen LogP contribution in [-0.2, 0) is 0 Å². The zero-order valence-corrected chi connectivity index (χ0v) is 7.68. The third kappa shape index (κ3) is 1.41. The summed E-state index contributed by atoms with van der Waals surface area (Å²) in [5.41, 5.74) is 7.94. The molecule has 0 aliphatic carbocycles. The molecule has 0 spiro atoms. The number of aromatic nitrogens is 1. The third-order valence-corrected chi connectivity index (χ3v) is 3.58. The van der Waals surface area contributed by atoms with Crippen LogP contribution in [0.1, 0.15) is 23.7 Å². The van der Waals surface area contributed by atoms with E-state index in [4.69, 9.17) is 5.73 Å². The van der Waals surface area contributed by atoms with Gasteiger partial charge < -0.3 is 5.73 Å². The van der Waals surface area contributed by atoms with E-state index in [1.54, 1.807) is 6.20 Å². The van der Waals surface area contributed by atoms with Gasteiger partial charge in [-0.2, -0.15) is 11.8 Å². The molecule has 0 amide bonds. The summed E-state index contributed by atoms with van der Waals surface area (Å²) in [5, 5.41) is 0.619. The van der Waals surface area contributed by atoms with Crippen molar-refractivity contribution in [3.05, 3.63) is 24.0 Å². The maximum Gasteiger partial charge on any atom is 0.0544 e. The molecule has 1 fully saturated rings. The maximum absolute atomic E-state index is 5.82. The molecular weight excluding hydrogens is 168 g/mol. The van der Waals surface area contributed by atoms with Crippen molar-refractivity contribution in [3.8, 4) is 0 Å². The van der Waals surface area contributed by atoms with Crippen LogP contribution in [0.3, 0.4) is 0 Å². The van der Waals surface area contributed by atoms with Crippen LogP contribution in [0.4, 0.5) is 5.69 Å². The van der Waals surface area contributed by atoms with Crippen LogP contribution >= 0.6 is 11.8 Å². The average molecular weight is 180 g/mol. The number of nitrogen functional groups attached to an aromatic ring is 1. The highest BCUT2D eigenvalue weighted by atomic mass is 32.2. The fourth-order valence-electron chi connectivity index (χ4n) is 1.53. The van der Waals surface area contributed by atoms with Gasteiger partial charge in [0, 0.05) is 11.4 Å². The van der Waals surface area contributed by atoms with Crippen LogP contribution in [-0.4, -0.2) is 10.7 Å². The number of anilines is 1. The lowest BCUT2D eigenvalue weighted by Crippen LogP contribution is -1.96. The maximum atomic E-state index is 5.82. The summed E-state index contributed by atoms with van der Waals surface area (Å²) >= 11 is 2.00. The molecule has 12 heavy (non-hydrogen) atoms. The zero-order valence-electron chi connectivity index (χ0n) is 6.86. The fraction of sp³-hybridized carbons (Fsp3) is 0.444. The van der Waals surface area contributed by atoms with Crippen LogP contribution in [0.2, 0.25) is 0 Å². The Morgan fingerprint density at radius 3 is 3.17 bits per heavy atom. The second-order valence-electron chi connectivity index (χ2n) is 3.01. The van der Waals surface area contributed by atoms with Crippen molar-refractivity contribution in [3.63, 3.8) is 0 Å². The van der Waals surface area contributed by atoms with Gasteiger partial charge in [-0.25, -0.2) is 0 Å². The molecule has 1 unspecified atom stereocenters. The molecule has 1 saturated heterocycles. The van der Waals surface area contributed by atoms with E-state index in [2.05, 4.69) is 4.98 Å². The monoisotopic (exact) mass is 180 g/mol. The lowest BCUT2D eigenvalue weighted by molar-refractivity contribution is 0.829. The van der Waals surface area contributed by atoms with Crippen molar-refractivity contribution in [2.75, 3.05) is 11.5 Å². The Balaban J connectivity index is 2.26. The van der Waals surface area contributed by atoms with E-state index in [-0.39, 0.29) is 0 Å². The molecular formula is C9H12N2S. The second-order valence-corrected chi connectivity index (χ2v) is 4.32. The minimum Gasteiger partial charge on any atom is -0.397 e. The van der Waals surface area contributed by atoms with Crippen molar-refractivity contribution >= 4 is 17.4 Å². The first-order chi connectivity index (χ1) is 5.88. The quantitative estimate of drug-likeness (QED) is 0.720. The Hall–Kier alpha value is -0.700. The number of hydrogen-bond acceptors (Lipinski definition) is 3. The van der Waals surface area contributed by atoms with Crippen molar-refractivity contribution in [1.82, 2.24) is 4.98 Å². The molecule has 0 bridgehead atoms. The summed E-state index contributed by atoms with van der Waals surface area (Å²) < 4.78 is 0. The van der Waals surface area contributed by atoms with E-state index >= 15 is 0 Å². The van der Waals surface area contributed by atoms with Crippen LogP contribution in [0.5, 0.6) is 0 Å². The van der Waals surface area contributed by atoms with Crippen LogP contribution < -0.4 is 5.73 Å². The van der Waals surface area contributed by atoms with Gasteiger partial charge in [0.25, 0.3) is 0 Å². The number of thioether (sulfide) groups is 1. The highest BCUT2D eigenvalue weighted by molar-refractivity contribution is 7.99. The lowest BCUT2D eigenvalue weighted by Gasteiger charge is -2.10. The normalized spacial score (nSPS) is 22.8. The van der Waals surface area contributed by atoms with Crippen LogP contribution in [0.25, 0.3) is 0 Å². The van der Waals surface area contributed by atoms with Gasteiger partial charge >= 0.3 is 0 Å². The van der Waals surface area contributed by atoms with Gasteiger partial charge in [-0.1, -0.05) is 0 Å². The summed E-state index contributed by atoms with van der Waals surface area (Å²) in [6.07, 6.45) is 6.15. The highest BCUT2D eigenvalue weighted by Gasteiger charge is 2.19. The molecule has 0 radical (unpaired) electrons. The molecule has 1 aromatic rings. The van der Waals surface area contributed by atoms with Crippen molar-refractivity contribution in [2.45, 2.75) is 18.1 Å². The fourth-order valence-corrected chi connectivity index (χ4v) is 2.88. The van der Waals surface area contributed by atoms with Crippen molar-refractivity contribution < 1.29 is 0 Å². The van der Waals surface area contributed by atoms with Gasteiger partial charge in [0.2, 0.25) is 0 Å². The predicted molar refractivity (Wildman–Crippen MR) is 53.1 cm³/mol. The molecule has 2 rings (SSSR count). The van der Waals surface area contributed by atoms with E-state index in [0.717, 1.165) is 5.69 Å². The Kier molecular flexibility index (Phi) is 2.21. The topological polar surface area (TPSA) is 38.9 Å². The van der Waals surface area contributed by atoms with Gasteiger partial charge in [-0.05, 0) is 30.2 Å². The first-order valence-corrected chi connectivity index (χ1v) is 5.24. The smallest absolute Gasteiger partial charge is 0.0544 e. The van der Waals surface area contributed by atoms with Crippen LogP contribution in [0, 0.1) is 0 Å². The number of hydrogen-bond donors (Lipinski definition) is 1. The van der Waals surface area contributed by atoms with Gasteiger partial charge in [-0.3, -0.25) is 4.98 Å². The minimum atomic E-state index is 0.619. The largest absolute Gasteiger partial charge is 0.397 e. The summed E-state index contributed by atoms with van der Waals surface area (Å²) in [6, 6.07) is 2.04. The summed E-state index contributed by atoms with van der Waals surface area (Å²) in [6.45, 7) is 0. The molecule has 1 atom stereocenters. The van der Waals surface area contributed by atoms with Gasteiger partial charge in [0.1, 0.15) is 0 Å². The van der Waals surface area contributed by atoms with E-state index in [9.17, 15) is 0 Å². The van der Waals surface area contributed by atoms with E-state index in [0.29, 0.717) is 5.25 Å². The summed E-state index contributed by atoms with van der Waals surface area (Å²) in [7, 11) is 0. The Labute approximate surface area is 76.6 Å². The number of pyridine rings is 1. The van der Waals surface area contributed by atoms with Crippen LogP contribution in [0.15, 0.2) is 18.5 Å². The van der Waals surface area contributed by atoms with E-state index < -0.39 is 0 Å². The molecule has 1 aliphatic heterocycles. The molecule has 0 saturated carbocycles. The summed E-state index contributed by atoms with van der Waals surface area (Å²) in [4.78, 5) is 3.98. The molecule has 3 heteroatoms. The Bertz CT molecular complexity index is 269. The second kappa shape index (κ2) is 3.35. The average Bonchev–Trinajstić information content (AvgIpc) is 2.57. The standard InChI is InChI=1S/C9H12N2S/c10-8-6-11-4-3-7(8)9-2-1-5-12-9/h3-4,6,9H,1-2,5,10H2. The molecule has 2 N–H and O–H groups in total. The van der Waals surface area contributed by atoms with Gasteiger partial charge in [0.15, 0.2) is 0 Å². The Morgan fingerprint density at radius 2 is 2.50 bits per heavy atom.